The maximum absolute atomic E-state index is 12.8. The molecule has 0 aromatic heterocycles. The summed E-state index contributed by atoms with van der Waals surface area (Å²) in [4.78, 5) is 25.7. The summed E-state index contributed by atoms with van der Waals surface area (Å²) in [5, 5.41) is 0. The Kier molecular flexibility index (Phi) is 5.35. The van der Waals surface area contributed by atoms with E-state index in [1.54, 1.807) is 19.3 Å². The Morgan fingerprint density at radius 3 is 2.30 bits per heavy atom. The fraction of sp³-hybridized carbons (Fsp3) is 0.333. The highest BCUT2D eigenvalue weighted by Gasteiger charge is 2.56. The molecule has 142 valence electrons. The van der Waals surface area contributed by atoms with Crippen molar-refractivity contribution in [2.24, 2.45) is 5.41 Å². The third kappa shape index (κ3) is 3.23. The highest BCUT2D eigenvalue weighted by molar-refractivity contribution is 6.04. The first-order valence-electron chi connectivity index (χ1n) is 8.61. The molecule has 3 rings (SSSR count). The molecule has 1 heterocycles. The summed E-state index contributed by atoms with van der Waals surface area (Å²) in [6, 6.07) is 7.34. The molecule has 1 aromatic carbocycles. The second kappa shape index (κ2) is 7.70. The zero-order valence-corrected chi connectivity index (χ0v) is 15.6. The molecular formula is C21H22O6. The highest BCUT2D eigenvalue weighted by atomic mass is 16.5. The number of ether oxygens (including phenoxy) is 4. The molecule has 1 unspecified atom stereocenters. The fourth-order valence-corrected chi connectivity index (χ4v) is 3.52. The number of carbonyl (C=O) groups is 2. The normalized spacial score (nSPS) is 20.2. The Hall–Kier alpha value is -3.02. The molecule has 0 saturated carbocycles. The third-order valence-electron chi connectivity index (χ3n) is 4.90. The van der Waals surface area contributed by atoms with Gasteiger partial charge in [0, 0.05) is 18.4 Å². The zero-order chi connectivity index (χ0) is 19.4. The number of allylic oxidation sites excluding steroid dienone is 4. The van der Waals surface area contributed by atoms with Crippen LogP contribution in [0.25, 0.3) is 0 Å². The summed E-state index contributed by atoms with van der Waals surface area (Å²) in [5.41, 5.74) is -0.266. The van der Waals surface area contributed by atoms with Gasteiger partial charge in [-0.2, -0.15) is 0 Å². The van der Waals surface area contributed by atoms with E-state index in [-0.39, 0.29) is 6.42 Å². The summed E-state index contributed by atoms with van der Waals surface area (Å²) >= 11 is 0. The maximum atomic E-state index is 12.8. The Balaban J connectivity index is 2.13. The van der Waals surface area contributed by atoms with Crippen molar-refractivity contribution in [3.8, 4) is 5.75 Å². The van der Waals surface area contributed by atoms with Gasteiger partial charge < -0.3 is 18.9 Å². The van der Waals surface area contributed by atoms with Gasteiger partial charge in [-0.15, -0.1) is 0 Å². The summed E-state index contributed by atoms with van der Waals surface area (Å²) in [6.07, 6.45) is 7.30. The first-order chi connectivity index (χ1) is 13.1. The molecule has 1 atom stereocenters. The lowest BCUT2D eigenvalue weighted by molar-refractivity contribution is -0.170. The summed E-state index contributed by atoms with van der Waals surface area (Å²) in [7, 11) is 4.13. The smallest absolute Gasteiger partial charge is 0.328 e. The van der Waals surface area contributed by atoms with E-state index < -0.39 is 23.5 Å². The van der Waals surface area contributed by atoms with Crippen LogP contribution in [0.15, 0.2) is 59.9 Å². The fourth-order valence-electron chi connectivity index (χ4n) is 3.52. The number of carbonyl (C=O) groups excluding carboxylic acids is 2. The standard InChI is InChI=1S/C21H22O6/c1-24-15-11-9-14(10-12-15)18-13-21(19(22)25-2,20(23)26-3)16-7-5-4-6-8-17(16)27-18/h4-7,9-12,18H,8,13H2,1-3H3. The van der Waals surface area contributed by atoms with E-state index in [0.29, 0.717) is 23.5 Å². The minimum Gasteiger partial charge on any atom is -0.497 e. The van der Waals surface area contributed by atoms with E-state index in [1.165, 1.54) is 14.2 Å². The van der Waals surface area contributed by atoms with Crippen LogP contribution in [0, 0.1) is 5.41 Å². The molecule has 0 spiro atoms. The first kappa shape index (κ1) is 18.8. The molecule has 27 heavy (non-hydrogen) atoms. The van der Waals surface area contributed by atoms with Gasteiger partial charge in [0.05, 0.1) is 21.3 Å². The predicted molar refractivity (Wildman–Crippen MR) is 97.8 cm³/mol. The van der Waals surface area contributed by atoms with E-state index in [2.05, 4.69) is 0 Å². The van der Waals surface area contributed by atoms with Crippen molar-refractivity contribution in [3.05, 3.63) is 65.5 Å². The van der Waals surface area contributed by atoms with Crippen molar-refractivity contribution in [1.82, 2.24) is 0 Å². The van der Waals surface area contributed by atoms with E-state index in [1.807, 2.05) is 36.4 Å². The molecule has 0 radical (unpaired) electrons. The average Bonchev–Trinajstić information content (AvgIpc) is 2.97. The third-order valence-corrected chi connectivity index (χ3v) is 4.90. The van der Waals surface area contributed by atoms with Gasteiger partial charge in [0.25, 0.3) is 0 Å². The molecule has 0 amide bonds. The molecule has 0 N–H and O–H groups in total. The van der Waals surface area contributed by atoms with E-state index in [4.69, 9.17) is 18.9 Å². The highest BCUT2D eigenvalue weighted by Crippen LogP contribution is 2.49. The van der Waals surface area contributed by atoms with Gasteiger partial charge in [0.15, 0.2) is 5.41 Å². The van der Waals surface area contributed by atoms with Gasteiger partial charge in [0.1, 0.15) is 17.6 Å². The Bertz CT molecular complexity index is 800. The lowest BCUT2D eigenvalue weighted by Crippen LogP contribution is -2.46. The van der Waals surface area contributed by atoms with Crippen LogP contribution in [0.3, 0.4) is 0 Å². The van der Waals surface area contributed by atoms with Crippen LogP contribution in [0.1, 0.15) is 24.5 Å². The van der Waals surface area contributed by atoms with Crippen molar-refractivity contribution in [1.29, 1.82) is 0 Å². The number of benzene rings is 1. The van der Waals surface area contributed by atoms with Gasteiger partial charge in [-0.3, -0.25) is 9.59 Å². The topological polar surface area (TPSA) is 71.1 Å². The van der Waals surface area contributed by atoms with Gasteiger partial charge >= 0.3 is 11.9 Å². The first-order valence-corrected chi connectivity index (χ1v) is 8.61. The van der Waals surface area contributed by atoms with Crippen LogP contribution in [-0.4, -0.2) is 33.3 Å². The predicted octanol–water partition coefficient (Wildman–Crippen LogP) is 3.26. The minimum atomic E-state index is -1.58. The molecule has 0 saturated heterocycles. The molecule has 0 bridgehead atoms. The SMILES string of the molecule is COC(=O)C1(C(=O)OC)CC(c2ccc(OC)cc2)OC2=C1C=CC=CC2. The number of methoxy groups -OCH3 is 3. The van der Waals surface area contributed by atoms with Crippen molar-refractivity contribution in [3.63, 3.8) is 0 Å². The molecule has 2 aliphatic rings. The zero-order valence-electron chi connectivity index (χ0n) is 15.6. The minimum absolute atomic E-state index is 0.0852. The van der Waals surface area contributed by atoms with Crippen LogP contribution >= 0.6 is 0 Å². The number of esters is 2. The molecule has 6 heteroatoms. The molecular weight excluding hydrogens is 348 g/mol. The number of rotatable bonds is 4. The van der Waals surface area contributed by atoms with E-state index in [9.17, 15) is 9.59 Å². The Morgan fingerprint density at radius 1 is 1.04 bits per heavy atom. The van der Waals surface area contributed by atoms with E-state index >= 15 is 0 Å². The molecule has 1 aliphatic heterocycles. The van der Waals surface area contributed by atoms with Crippen molar-refractivity contribution in [2.75, 3.05) is 21.3 Å². The summed E-state index contributed by atoms with van der Waals surface area (Å²) in [5.74, 6) is -0.0460. The van der Waals surface area contributed by atoms with Crippen LogP contribution in [-0.2, 0) is 23.8 Å². The van der Waals surface area contributed by atoms with Crippen molar-refractivity contribution >= 4 is 11.9 Å². The Morgan fingerprint density at radius 2 is 1.70 bits per heavy atom. The monoisotopic (exact) mass is 370 g/mol. The second-order valence-corrected chi connectivity index (χ2v) is 6.30. The van der Waals surface area contributed by atoms with Gasteiger partial charge in [-0.05, 0) is 17.7 Å². The van der Waals surface area contributed by atoms with Crippen molar-refractivity contribution in [2.45, 2.75) is 18.9 Å². The quantitative estimate of drug-likeness (QED) is 0.598. The van der Waals surface area contributed by atoms with Gasteiger partial charge in [0.2, 0.25) is 0 Å². The molecule has 6 nitrogen and oxygen atoms in total. The van der Waals surface area contributed by atoms with Crippen LogP contribution in [0.5, 0.6) is 5.75 Å². The summed E-state index contributed by atoms with van der Waals surface area (Å²) in [6.45, 7) is 0. The largest absolute Gasteiger partial charge is 0.497 e. The van der Waals surface area contributed by atoms with Crippen molar-refractivity contribution < 1.29 is 28.5 Å². The second-order valence-electron chi connectivity index (χ2n) is 6.30. The van der Waals surface area contributed by atoms with Crippen LogP contribution < -0.4 is 4.74 Å². The molecule has 1 aromatic rings. The average molecular weight is 370 g/mol. The van der Waals surface area contributed by atoms with Gasteiger partial charge in [-0.1, -0.05) is 36.4 Å². The molecule has 0 fully saturated rings. The number of hydrogen-bond acceptors (Lipinski definition) is 6. The van der Waals surface area contributed by atoms with E-state index in [0.717, 1.165) is 5.56 Å². The Labute approximate surface area is 158 Å². The summed E-state index contributed by atoms with van der Waals surface area (Å²) < 4.78 is 21.4. The molecule has 1 aliphatic carbocycles. The van der Waals surface area contributed by atoms with Crippen LogP contribution in [0.4, 0.5) is 0 Å². The van der Waals surface area contributed by atoms with Gasteiger partial charge in [-0.25, -0.2) is 0 Å². The number of hydrogen-bond donors (Lipinski definition) is 0. The lowest BCUT2D eigenvalue weighted by atomic mass is 9.71. The van der Waals surface area contributed by atoms with Crippen LogP contribution in [0.2, 0.25) is 0 Å². The lowest BCUT2D eigenvalue weighted by Gasteiger charge is -2.39. The maximum Gasteiger partial charge on any atom is 0.328 e.